The molecule has 0 spiro atoms. The van der Waals surface area contributed by atoms with Crippen molar-refractivity contribution in [2.75, 3.05) is 31.5 Å². The number of hydrogen-bond acceptors (Lipinski definition) is 4. The van der Waals surface area contributed by atoms with Crippen LogP contribution in [0.3, 0.4) is 0 Å². The van der Waals surface area contributed by atoms with Crippen LogP contribution >= 0.6 is 11.6 Å². The molecule has 1 atom stereocenters. The van der Waals surface area contributed by atoms with Crippen molar-refractivity contribution in [3.05, 3.63) is 59.1 Å². The number of anilines is 1. The minimum Gasteiger partial charge on any atom is -0.324 e. The number of sulfonamides is 1. The maximum absolute atomic E-state index is 13.2. The molecular weight excluding hydrogens is 422 g/mol. The Labute approximate surface area is 183 Å². The monoisotopic (exact) mass is 449 g/mol. The smallest absolute Gasteiger partial charge is 0.246 e. The number of nitrogens with one attached hydrogen (secondary N) is 1. The van der Waals surface area contributed by atoms with Gasteiger partial charge in [-0.25, -0.2) is 8.42 Å². The third-order valence-corrected chi connectivity index (χ3v) is 7.80. The van der Waals surface area contributed by atoms with Crippen molar-refractivity contribution < 1.29 is 13.2 Å². The van der Waals surface area contributed by atoms with Crippen molar-refractivity contribution in [3.8, 4) is 0 Å². The fourth-order valence-corrected chi connectivity index (χ4v) is 5.83. The second-order valence-corrected chi connectivity index (χ2v) is 9.59. The predicted molar refractivity (Wildman–Crippen MR) is 120 cm³/mol. The van der Waals surface area contributed by atoms with Crippen LogP contribution in [0.2, 0.25) is 5.02 Å². The second kappa shape index (κ2) is 9.92. The van der Waals surface area contributed by atoms with Gasteiger partial charge in [-0.1, -0.05) is 55.8 Å². The first-order chi connectivity index (χ1) is 14.4. The Morgan fingerprint density at radius 2 is 1.73 bits per heavy atom. The SMILES string of the molecule is CCN(CC)C(C(=O)Nc1ccc(Cl)c(S(=O)(=O)N2CCCC2)c1)c1ccccc1. The quantitative estimate of drug-likeness (QED) is 0.657. The van der Waals surface area contributed by atoms with Crippen LogP contribution in [0, 0.1) is 0 Å². The molecule has 1 amide bonds. The number of likely N-dealkylation sites (N-methyl/N-ethyl adjacent to an activating group) is 1. The minimum absolute atomic E-state index is 0.0305. The Morgan fingerprint density at radius 3 is 2.33 bits per heavy atom. The van der Waals surface area contributed by atoms with Crippen molar-refractivity contribution in [2.45, 2.75) is 37.6 Å². The lowest BCUT2D eigenvalue weighted by Crippen LogP contribution is -2.37. The number of rotatable bonds is 8. The zero-order valence-corrected chi connectivity index (χ0v) is 18.9. The summed E-state index contributed by atoms with van der Waals surface area (Å²) < 4.78 is 27.4. The Kier molecular flexibility index (Phi) is 7.52. The van der Waals surface area contributed by atoms with Crippen LogP contribution in [0.15, 0.2) is 53.4 Å². The Hall–Kier alpha value is -1.93. The molecule has 1 saturated heterocycles. The number of nitrogens with zero attached hydrogens (tertiary/aromatic N) is 2. The normalized spacial score (nSPS) is 16.0. The molecule has 1 aliphatic rings. The van der Waals surface area contributed by atoms with Gasteiger partial charge < -0.3 is 5.32 Å². The van der Waals surface area contributed by atoms with Gasteiger partial charge >= 0.3 is 0 Å². The number of carbonyl (C=O) groups is 1. The van der Waals surface area contributed by atoms with Gasteiger partial charge in [0.15, 0.2) is 0 Å². The van der Waals surface area contributed by atoms with Crippen molar-refractivity contribution in [3.63, 3.8) is 0 Å². The van der Waals surface area contributed by atoms with Gasteiger partial charge in [-0.15, -0.1) is 0 Å². The molecule has 2 aromatic carbocycles. The number of benzene rings is 2. The number of amides is 1. The number of halogens is 1. The summed E-state index contributed by atoms with van der Waals surface area (Å²) in [4.78, 5) is 15.3. The van der Waals surface area contributed by atoms with Gasteiger partial charge in [0.25, 0.3) is 0 Å². The molecule has 8 heteroatoms. The van der Waals surface area contributed by atoms with Crippen LogP contribution in [-0.2, 0) is 14.8 Å². The van der Waals surface area contributed by atoms with Gasteiger partial charge in [0.05, 0.1) is 5.02 Å². The molecule has 0 aliphatic carbocycles. The van der Waals surface area contributed by atoms with E-state index in [4.69, 9.17) is 11.6 Å². The molecule has 1 N–H and O–H groups in total. The van der Waals surface area contributed by atoms with Crippen LogP contribution in [0.5, 0.6) is 0 Å². The molecule has 30 heavy (non-hydrogen) atoms. The molecule has 0 radical (unpaired) electrons. The van der Waals surface area contributed by atoms with Crippen LogP contribution in [0.1, 0.15) is 38.3 Å². The summed E-state index contributed by atoms with van der Waals surface area (Å²) in [5, 5.41) is 3.05. The minimum atomic E-state index is -3.69. The first-order valence-corrected chi connectivity index (χ1v) is 12.1. The average molecular weight is 450 g/mol. The summed E-state index contributed by atoms with van der Waals surface area (Å²) in [6, 6.07) is 13.7. The second-order valence-electron chi connectivity index (χ2n) is 7.28. The molecule has 3 rings (SSSR count). The summed E-state index contributed by atoms with van der Waals surface area (Å²) in [7, 11) is -3.69. The lowest BCUT2D eigenvalue weighted by Gasteiger charge is -2.29. The highest BCUT2D eigenvalue weighted by Crippen LogP contribution is 2.30. The van der Waals surface area contributed by atoms with Crippen molar-refractivity contribution in [1.82, 2.24) is 9.21 Å². The van der Waals surface area contributed by atoms with Crippen molar-refractivity contribution in [2.24, 2.45) is 0 Å². The highest BCUT2D eigenvalue weighted by atomic mass is 35.5. The van der Waals surface area contributed by atoms with Gasteiger partial charge in [0, 0.05) is 18.8 Å². The van der Waals surface area contributed by atoms with E-state index in [2.05, 4.69) is 10.2 Å². The van der Waals surface area contributed by atoms with Crippen molar-refractivity contribution >= 4 is 33.2 Å². The van der Waals surface area contributed by atoms with E-state index in [1.165, 1.54) is 16.4 Å². The van der Waals surface area contributed by atoms with Gasteiger partial charge in [-0.3, -0.25) is 9.69 Å². The fraction of sp³-hybridized carbons (Fsp3) is 0.409. The zero-order valence-electron chi connectivity index (χ0n) is 17.3. The molecule has 1 unspecified atom stereocenters. The van der Waals surface area contributed by atoms with Gasteiger partial charge in [0.2, 0.25) is 15.9 Å². The third-order valence-electron chi connectivity index (χ3n) is 5.42. The molecule has 2 aromatic rings. The predicted octanol–water partition coefficient (Wildman–Crippen LogP) is 4.15. The molecule has 1 aliphatic heterocycles. The highest BCUT2D eigenvalue weighted by Gasteiger charge is 2.30. The van der Waals surface area contributed by atoms with Crippen molar-refractivity contribution in [1.29, 1.82) is 0 Å². The van der Waals surface area contributed by atoms with Crippen LogP contribution in [-0.4, -0.2) is 49.7 Å². The molecule has 0 bridgehead atoms. The van der Waals surface area contributed by atoms with E-state index in [0.29, 0.717) is 31.9 Å². The summed E-state index contributed by atoms with van der Waals surface area (Å²) in [6.07, 6.45) is 1.69. The van der Waals surface area contributed by atoms with E-state index in [0.717, 1.165) is 18.4 Å². The number of carbonyl (C=O) groups excluding carboxylic acids is 1. The fourth-order valence-electron chi connectivity index (χ4n) is 3.81. The maximum Gasteiger partial charge on any atom is 0.246 e. The average Bonchev–Trinajstić information content (AvgIpc) is 3.29. The molecular formula is C22H28ClN3O3S. The first kappa shape index (κ1) is 22.7. The van der Waals surface area contributed by atoms with E-state index in [-0.39, 0.29) is 15.8 Å². The molecule has 1 fully saturated rings. The molecule has 0 saturated carbocycles. The highest BCUT2D eigenvalue weighted by molar-refractivity contribution is 7.89. The van der Waals surface area contributed by atoms with E-state index < -0.39 is 16.1 Å². The van der Waals surface area contributed by atoms with Crippen LogP contribution in [0.4, 0.5) is 5.69 Å². The summed E-state index contributed by atoms with van der Waals surface area (Å²) >= 11 is 6.22. The lowest BCUT2D eigenvalue weighted by molar-refractivity contribution is -0.121. The van der Waals surface area contributed by atoms with E-state index in [1.807, 2.05) is 44.2 Å². The van der Waals surface area contributed by atoms with Gasteiger partial charge in [-0.2, -0.15) is 4.31 Å². The molecule has 162 valence electrons. The van der Waals surface area contributed by atoms with Gasteiger partial charge in [0.1, 0.15) is 10.9 Å². The Balaban J connectivity index is 1.90. The molecule has 1 heterocycles. The number of hydrogen-bond donors (Lipinski definition) is 1. The summed E-state index contributed by atoms with van der Waals surface area (Å²) in [5.41, 5.74) is 1.30. The topological polar surface area (TPSA) is 69.7 Å². The van der Waals surface area contributed by atoms with Crippen LogP contribution in [0.25, 0.3) is 0 Å². The van der Waals surface area contributed by atoms with E-state index >= 15 is 0 Å². The van der Waals surface area contributed by atoms with E-state index in [1.54, 1.807) is 6.07 Å². The largest absolute Gasteiger partial charge is 0.324 e. The van der Waals surface area contributed by atoms with E-state index in [9.17, 15) is 13.2 Å². The first-order valence-electron chi connectivity index (χ1n) is 10.3. The summed E-state index contributed by atoms with van der Waals surface area (Å²) in [6.45, 7) is 6.42. The molecule has 6 nitrogen and oxygen atoms in total. The van der Waals surface area contributed by atoms with Crippen LogP contribution < -0.4 is 5.32 Å². The zero-order chi connectivity index (χ0) is 21.7. The lowest BCUT2D eigenvalue weighted by atomic mass is 10.0. The Bertz CT molecular complexity index is 972. The van der Waals surface area contributed by atoms with Gasteiger partial charge in [-0.05, 0) is 49.7 Å². The standard InChI is InChI=1S/C22H28ClN3O3S/c1-3-25(4-2)21(17-10-6-5-7-11-17)22(27)24-18-12-13-19(23)20(16-18)30(28,29)26-14-8-9-15-26/h5-7,10-13,16,21H,3-4,8-9,14-15H2,1-2H3,(H,24,27). The molecule has 0 aromatic heterocycles. The maximum atomic E-state index is 13.2. The third kappa shape index (κ3) is 4.86. The summed E-state index contributed by atoms with van der Waals surface area (Å²) in [5.74, 6) is -0.211. The Morgan fingerprint density at radius 1 is 1.10 bits per heavy atom.